The number of nitrogens with zero attached hydrogens (tertiary/aromatic N) is 1. The quantitative estimate of drug-likeness (QED) is 0.797. The first-order valence-electron chi connectivity index (χ1n) is 7.07. The molecule has 4 heteroatoms. The molecule has 106 valence electrons. The Morgan fingerprint density at radius 3 is 2.61 bits per heavy atom. The highest BCUT2D eigenvalue weighted by molar-refractivity contribution is 5.81. The van der Waals surface area contributed by atoms with E-state index < -0.39 is 0 Å². The summed E-state index contributed by atoms with van der Waals surface area (Å²) in [6.45, 7) is 10.6. The minimum atomic E-state index is -0.0259. The summed E-state index contributed by atoms with van der Waals surface area (Å²) >= 11 is 0. The van der Waals surface area contributed by atoms with E-state index in [1.807, 2.05) is 6.92 Å². The molecule has 0 aromatic rings. The number of amides is 1. The van der Waals surface area contributed by atoms with Crippen molar-refractivity contribution < 1.29 is 4.79 Å². The van der Waals surface area contributed by atoms with Gasteiger partial charge in [-0.25, -0.2) is 0 Å². The van der Waals surface area contributed by atoms with E-state index in [0.29, 0.717) is 6.04 Å². The Bertz CT molecular complexity index is 273. The van der Waals surface area contributed by atoms with Crippen molar-refractivity contribution in [3.63, 3.8) is 0 Å². The Balaban J connectivity index is 2.59. The number of piperidine rings is 1. The normalized spacial score (nSPS) is 23.7. The maximum absolute atomic E-state index is 11.8. The standard InChI is InChI=1S/C14H29N3O/c1-11(13(18)15-5)17-9-7-6-8-12(17)10-16-14(2,3)4/h11-12,16H,6-10H2,1-5H3,(H,15,18). The lowest BCUT2D eigenvalue weighted by Crippen LogP contribution is -2.55. The third-order valence-electron chi connectivity index (χ3n) is 3.66. The molecule has 1 heterocycles. The largest absolute Gasteiger partial charge is 0.358 e. The molecule has 0 saturated carbocycles. The number of rotatable bonds is 4. The van der Waals surface area contributed by atoms with Crippen molar-refractivity contribution >= 4 is 5.91 Å². The van der Waals surface area contributed by atoms with Gasteiger partial charge in [0.05, 0.1) is 6.04 Å². The molecule has 2 atom stereocenters. The highest BCUT2D eigenvalue weighted by Gasteiger charge is 2.30. The lowest BCUT2D eigenvalue weighted by molar-refractivity contribution is -0.126. The maximum Gasteiger partial charge on any atom is 0.236 e. The van der Waals surface area contributed by atoms with Crippen molar-refractivity contribution in [3.05, 3.63) is 0 Å². The average molecular weight is 255 g/mol. The Labute approximate surface area is 111 Å². The number of carbonyl (C=O) groups is 1. The zero-order valence-corrected chi connectivity index (χ0v) is 12.5. The Morgan fingerprint density at radius 2 is 2.06 bits per heavy atom. The van der Waals surface area contributed by atoms with Gasteiger partial charge in [-0.2, -0.15) is 0 Å². The van der Waals surface area contributed by atoms with Gasteiger partial charge in [-0.05, 0) is 47.1 Å². The van der Waals surface area contributed by atoms with E-state index in [9.17, 15) is 4.79 Å². The predicted octanol–water partition coefficient (Wildman–Crippen LogP) is 1.36. The molecule has 18 heavy (non-hydrogen) atoms. The monoisotopic (exact) mass is 255 g/mol. The van der Waals surface area contributed by atoms with Crippen LogP contribution in [0.15, 0.2) is 0 Å². The summed E-state index contributed by atoms with van der Waals surface area (Å²) in [6, 6.07) is 0.451. The molecule has 0 radical (unpaired) electrons. The molecule has 0 spiro atoms. The predicted molar refractivity (Wildman–Crippen MR) is 75.6 cm³/mol. The van der Waals surface area contributed by atoms with E-state index in [1.165, 1.54) is 19.3 Å². The zero-order chi connectivity index (χ0) is 13.8. The van der Waals surface area contributed by atoms with Gasteiger partial charge >= 0.3 is 0 Å². The average Bonchev–Trinajstić information content (AvgIpc) is 2.34. The molecular weight excluding hydrogens is 226 g/mol. The van der Waals surface area contributed by atoms with Crippen LogP contribution in [0.1, 0.15) is 47.0 Å². The molecule has 1 fully saturated rings. The first-order valence-corrected chi connectivity index (χ1v) is 7.07. The van der Waals surface area contributed by atoms with Gasteiger partial charge in [-0.1, -0.05) is 6.42 Å². The third kappa shape index (κ3) is 4.58. The summed E-state index contributed by atoms with van der Waals surface area (Å²) in [4.78, 5) is 14.1. The number of likely N-dealkylation sites (tertiary alicyclic amines) is 1. The summed E-state index contributed by atoms with van der Waals surface area (Å²) in [5.74, 6) is 0.123. The van der Waals surface area contributed by atoms with Crippen LogP contribution in [0, 0.1) is 0 Å². The summed E-state index contributed by atoms with van der Waals surface area (Å²) in [5, 5.41) is 6.31. The Morgan fingerprint density at radius 1 is 1.39 bits per heavy atom. The molecule has 1 amide bonds. The molecule has 0 aliphatic carbocycles. The van der Waals surface area contributed by atoms with Gasteiger partial charge in [0.25, 0.3) is 0 Å². The number of hydrogen-bond acceptors (Lipinski definition) is 3. The second-order valence-corrected chi connectivity index (χ2v) is 6.31. The minimum Gasteiger partial charge on any atom is -0.358 e. The molecule has 4 nitrogen and oxygen atoms in total. The highest BCUT2D eigenvalue weighted by atomic mass is 16.2. The molecule has 1 saturated heterocycles. The van der Waals surface area contributed by atoms with Gasteiger partial charge in [0.15, 0.2) is 0 Å². The van der Waals surface area contributed by atoms with Gasteiger partial charge < -0.3 is 10.6 Å². The van der Waals surface area contributed by atoms with E-state index >= 15 is 0 Å². The van der Waals surface area contributed by atoms with Crippen LogP contribution in [-0.4, -0.2) is 48.6 Å². The smallest absolute Gasteiger partial charge is 0.236 e. The van der Waals surface area contributed by atoms with Gasteiger partial charge in [-0.15, -0.1) is 0 Å². The second kappa shape index (κ2) is 6.53. The molecule has 0 bridgehead atoms. The fraction of sp³-hybridized carbons (Fsp3) is 0.929. The van der Waals surface area contributed by atoms with Crippen LogP contribution in [0.2, 0.25) is 0 Å². The summed E-state index contributed by atoms with van der Waals surface area (Å²) in [5.41, 5.74) is 0.138. The van der Waals surface area contributed by atoms with Crippen LogP contribution in [0.3, 0.4) is 0 Å². The van der Waals surface area contributed by atoms with Crippen LogP contribution < -0.4 is 10.6 Å². The number of carbonyl (C=O) groups excluding carboxylic acids is 1. The summed E-state index contributed by atoms with van der Waals surface area (Å²) < 4.78 is 0. The van der Waals surface area contributed by atoms with Crippen LogP contribution >= 0.6 is 0 Å². The van der Waals surface area contributed by atoms with Crippen LogP contribution in [0.5, 0.6) is 0 Å². The van der Waals surface area contributed by atoms with E-state index in [-0.39, 0.29) is 17.5 Å². The molecule has 1 rings (SSSR count). The van der Waals surface area contributed by atoms with Crippen LogP contribution in [-0.2, 0) is 4.79 Å². The molecule has 1 aliphatic heterocycles. The highest BCUT2D eigenvalue weighted by Crippen LogP contribution is 2.20. The number of likely N-dealkylation sites (N-methyl/N-ethyl adjacent to an activating group) is 1. The van der Waals surface area contributed by atoms with Crippen molar-refractivity contribution in [2.45, 2.75) is 64.6 Å². The van der Waals surface area contributed by atoms with E-state index in [4.69, 9.17) is 0 Å². The lowest BCUT2D eigenvalue weighted by atomic mass is 9.98. The fourth-order valence-corrected chi connectivity index (χ4v) is 2.54. The van der Waals surface area contributed by atoms with Crippen LogP contribution in [0.4, 0.5) is 0 Å². The molecular formula is C14H29N3O. The molecule has 2 unspecified atom stereocenters. The first-order chi connectivity index (χ1) is 8.35. The van der Waals surface area contributed by atoms with Gasteiger partial charge in [0.2, 0.25) is 5.91 Å². The van der Waals surface area contributed by atoms with Gasteiger partial charge in [0.1, 0.15) is 0 Å². The second-order valence-electron chi connectivity index (χ2n) is 6.31. The molecule has 1 aliphatic rings. The first kappa shape index (κ1) is 15.4. The van der Waals surface area contributed by atoms with Crippen molar-refractivity contribution in [2.75, 3.05) is 20.1 Å². The van der Waals surface area contributed by atoms with Crippen molar-refractivity contribution in [1.82, 2.24) is 15.5 Å². The topological polar surface area (TPSA) is 44.4 Å². The number of hydrogen-bond donors (Lipinski definition) is 2. The van der Waals surface area contributed by atoms with E-state index in [2.05, 4.69) is 36.3 Å². The van der Waals surface area contributed by atoms with E-state index in [1.54, 1.807) is 7.05 Å². The summed E-state index contributed by atoms with van der Waals surface area (Å²) in [6.07, 6.45) is 3.66. The minimum absolute atomic E-state index is 0.0259. The van der Waals surface area contributed by atoms with Crippen molar-refractivity contribution in [2.24, 2.45) is 0 Å². The third-order valence-corrected chi connectivity index (χ3v) is 3.66. The SMILES string of the molecule is CNC(=O)C(C)N1CCCCC1CNC(C)(C)C. The molecule has 0 aromatic heterocycles. The van der Waals surface area contributed by atoms with E-state index in [0.717, 1.165) is 13.1 Å². The Kier molecular flexibility index (Phi) is 5.60. The molecule has 0 aromatic carbocycles. The number of nitrogens with one attached hydrogen (secondary N) is 2. The van der Waals surface area contributed by atoms with Crippen LogP contribution in [0.25, 0.3) is 0 Å². The Hall–Kier alpha value is -0.610. The lowest BCUT2D eigenvalue weighted by Gasteiger charge is -2.40. The maximum atomic E-state index is 11.8. The van der Waals surface area contributed by atoms with Gasteiger partial charge in [0, 0.05) is 25.2 Å². The zero-order valence-electron chi connectivity index (χ0n) is 12.5. The van der Waals surface area contributed by atoms with Crippen molar-refractivity contribution in [1.29, 1.82) is 0 Å². The van der Waals surface area contributed by atoms with Gasteiger partial charge in [-0.3, -0.25) is 9.69 Å². The summed E-state index contributed by atoms with van der Waals surface area (Å²) in [7, 11) is 1.71. The fourth-order valence-electron chi connectivity index (χ4n) is 2.54. The van der Waals surface area contributed by atoms with Crippen molar-refractivity contribution in [3.8, 4) is 0 Å². The molecule has 2 N–H and O–H groups in total.